The average Bonchev–Trinajstić information content (AvgIpc) is 3.66. The standard InChI is InChI=1S/C50H60N5O10P/c1-34(2)55(35(3)4)66(62-29-15-28-51)63-33-43-44(65-50(38-18-13-10-14-19-38,39-20-24-41(59-7)25-21-39)40-22-26-42(60-8)27-23-40)45(61-31-30-58-6)48(64-43)54-32-36(5)46(53-49(54)57)52-47(56)37-16-11-9-12-17-37/h9-14,16-27,32,34-35,43-45,48H,15,29-31,33H2,1-8H3,(H,52,53,56,57)/t43-,44+,45?,48-,66?/m1/s1. The summed E-state index contributed by atoms with van der Waals surface area (Å²) < 4.78 is 54.8. The van der Waals surface area contributed by atoms with Crippen LogP contribution in [0.25, 0.3) is 0 Å². The van der Waals surface area contributed by atoms with Gasteiger partial charge in [-0.2, -0.15) is 10.2 Å². The molecule has 0 bridgehead atoms. The van der Waals surface area contributed by atoms with Gasteiger partial charge in [0.2, 0.25) is 0 Å². The lowest BCUT2D eigenvalue weighted by Crippen LogP contribution is -2.47. The molecule has 1 N–H and O–H groups in total. The van der Waals surface area contributed by atoms with Crippen molar-refractivity contribution in [3.63, 3.8) is 0 Å². The summed E-state index contributed by atoms with van der Waals surface area (Å²) in [5, 5.41) is 12.2. The Kier molecular flexibility index (Phi) is 18.0. The third-order valence-electron chi connectivity index (χ3n) is 11.1. The molecular weight excluding hydrogens is 862 g/mol. The van der Waals surface area contributed by atoms with E-state index in [0.29, 0.717) is 22.6 Å². The Morgan fingerprint density at radius 1 is 0.818 bits per heavy atom. The van der Waals surface area contributed by atoms with Gasteiger partial charge < -0.3 is 42.8 Å². The van der Waals surface area contributed by atoms with Gasteiger partial charge in [-0.15, -0.1) is 0 Å². The Bertz CT molecular complexity index is 2340. The summed E-state index contributed by atoms with van der Waals surface area (Å²) in [4.78, 5) is 31.9. The third kappa shape index (κ3) is 11.7. The number of carbonyl (C=O) groups excluding carboxylic acids is 1. The second-order valence-electron chi connectivity index (χ2n) is 16.1. The Morgan fingerprint density at radius 2 is 1.39 bits per heavy atom. The molecule has 1 aromatic heterocycles. The second kappa shape index (κ2) is 23.8. The summed E-state index contributed by atoms with van der Waals surface area (Å²) >= 11 is 0. The number of aryl methyl sites for hydroxylation is 1. The summed E-state index contributed by atoms with van der Waals surface area (Å²) in [6, 6.07) is 36.1. The Hall–Kier alpha value is -5.53. The topological polar surface area (TPSA) is 165 Å². The van der Waals surface area contributed by atoms with E-state index in [4.69, 9.17) is 37.5 Å². The number of benzene rings is 4. The molecule has 350 valence electrons. The molecule has 1 fully saturated rings. The van der Waals surface area contributed by atoms with Gasteiger partial charge in [-0.3, -0.25) is 9.36 Å². The van der Waals surface area contributed by atoms with E-state index in [1.54, 1.807) is 58.7 Å². The highest BCUT2D eigenvalue weighted by molar-refractivity contribution is 7.44. The van der Waals surface area contributed by atoms with Crippen molar-refractivity contribution in [2.24, 2.45) is 0 Å². The highest BCUT2D eigenvalue weighted by atomic mass is 31.2. The SMILES string of the molecule is COCCOC1[C@@H](OC(c2ccccc2)(c2ccc(OC)cc2)c2ccc(OC)cc2)[C@@H](COP(OCCC#N)N(C(C)C)C(C)C)O[C@H]1n1cc(C)c(NC(=O)c2ccccc2)nc1=O. The highest BCUT2D eigenvalue weighted by Crippen LogP contribution is 2.49. The van der Waals surface area contributed by atoms with Crippen LogP contribution in [0.1, 0.15) is 73.0 Å². The third-order valence-corrected chi connectivity index (χ3v) is 13.1. The molecule has 5 atom stereocenters. The summed E-state index contributed by atoms with van der Waals surface area (Å²) in [6.07, 6.45) is -2.19. The van der Waals surface area contributed by atoms with Gasteiger partial charge in [0.25, 0.3) is 14.4 Å². The number of carbonyl (C=O) groups is 1. The minimum atomic E-state index is -1.73. The van der Waals surface area contributed by atoms with E-state index in [1.165, 1.54) is 4.57 Å². The first-order chi connectivity index (χ1) is 31.9. The van der Waals surface area contributed by atoms with Crippen molar-refractivity contribution in [1.82, 2.24) is 14.2 Å². The van der Waals surface area contributed by atoms with Crippen LogP contribution >= 0.6 is 8.53 Å². The lowest BCUT2D eigenvalue weighted by atomic mass is 9.79. The van der Waals surface area contributed by atoms with Gasteiger partial charge in [0, 0.05) is 36.5 Å². The van der Waals surface area contributed by atoms with Crippen molar-refractivity contribution in [3.05, 3.63) is 154 Å². The fraction of sp³-hybridized carbons (Fsp3) is 0.400. The van der Waals surface area contributed by atoms with Crippen molar-refractivity contribution >= 4 is 20.3 Å². The van der Waals surface area contributed by atoms with Gasteiger partial charge in [0.15, 0.2) is 6.23 Å². The zero-order valence-electron chi connectivity index (χ0n) is 38.8. The number of ether oxygens (including phenoxy) is 6. The molecular formula is C50H60N5O10P. The Morgan fingerprint density at radius 3 is 1.94 bits per heavy atom. The van der Waals surface area contributed by atoms with E-state index in [9.17, 15) is 14.9 Å². The highest BCUT2D eigenvalue weighted by Gasteiger charge is 2.53. The van der Waals surface area contributed by atoms with Crippen molar-refractivity contribution < 1.29 is 42.3 Å². The van der Waals surface area contributed by atoms with Crippen LogP contribution in [-0.4, -0.2) is 98.3 Å². The van der Waals surface area contributed by atoms with E-state index in [-0.39, 0.29) is 50.7 Å². The van der Waals surface area contributed by atoms with E-state index in [0.717, 1.165) is 16.7 Å². The van der Waals surface area contributed by atoms with Crippen molar-refractivity contribution in [2.45, 2.75) is 83.3 Å². The molecule has 0 spiro atoms. The molecule has 16 heteroatoms. The minimum Gasteiger partial charge on any atom is -0.497 e. The number of rotatable bonds is 23. The molecule has 5 aromatic rings. The first kappa shape index (κ1) is 49.9. The summed E-state index contributed by atoms with van der Waals surface area (Å²) in [5.41, 5.74) is 1.20. The van der Waals surface area contributed by atoms with Gasteiger partial charge in [-0.25, -0.2) is 9.46 Å². The van der Waals surface area contributed by atoms with Crippen molar-refractivity contribution in [3.8, 4) is 17.6 Å². The summed E-state index contributed by atoms with van der Waals surface area (Å²) in [5.74, 6) is 1.01. The van der Waals surface area contributed by atoms with Crippen LogP contribution < -0.4 is 20.5 Å². The number of nitriles is 1. The zero-order valence-corrected chi connectivity index (χ0v) is 39.7. The zero-order chi connectivity index (χ0) is 47.2. The fourth-order valence-electron chi connectivity index (χ4n) is 7.98. The van der Waals surface area contributed by atoms with Crippen molar-refractivity contribution in [2.75, 3.05) is 53.1 Å². The quantitative estimate of drug-likeness (QED) is 0.0378. The number of hydrogen-bond acceptors (Lipinski definition) is 13. The monoisotopic (exact) mass is 921 g/mol. The molecule has 15 nitrogen and oxygen atoms in total. The molecule has 1 aliphatic rings. The predicted molar refractivity (Wildman–Crippen MR) is 252 cm³/mol. The van der Waals surface area contributed by atoms with E-state index in [2.05, 4.69) is 48.7 Å². The Balaban J connectivity index is 1.53. The molecule has 66 heavy (non-hydrogen) atoms. The maximum absolute atomic E-state index is 14.3. The average molecular weight is 922 g/mol. The lowest BCUT2D eigenvalue weighted by molar-refractivity contribution is -0.128. The molecule has 1 aliphatic heterocycles. The minimum absolute atomic E-state index is 0.0250. The van der Waals surface area contributed by atoms with Crippen LogP contribution in [0.3, 0.4) is 0 Å². The van der Waals surface area contributed by atoms with Gasteiger partial charge in [-0.05, 0) is 87.7 Å². The smallest absolute Gasteiger partial charge is 0.351 e. The predicted octanol–water partition coefficient (Wildman–Crippen LogP) is 8.42. The van der Waals surface area contributed by atoms with Gasteiger partial charge in [0.05, 0.1) is 53.1 Å². The maximum atomic E-state index is 14.3. The molecule has 4 aromatic carbocycles. The number of nitrogens with zero attached hydrogens (tertiary/aromatic N) is 4. The first-order valence-corrected chi connectivity index (χ1v) is 23.0. The second-order valence-corrected chi connectivity index (χ2v) is 17.6. The first-order valence-electron chi connectivity index (χ1n) is 21.9. The largest absolute Gasteiger partial charge is 0.497 e. The van der Waals surface area contributed by atoms with Crippen LogP contribution in [0.15, 0.2) is 120 Å². The number of anilines is 1. The van der Waals surface area contributed by atoms with Crippen LogP contribution in [0, 0.1) is 18.3 Å². The van der Waals surface area contributed by atoms with Crippen LogP contribution in [0.5, 0.6) is 11.5 Å². The molecule has 1 saturated heterocycles. The molecule has 0 saturated carbocycles. The molecule has 2 heterocycles. The fourth-order valence-corrected chi connectivity index (χ4v) is 9.60. The molecule has 0 aliphatic carbocycles. The van der Waals surface area contributed by atoms with Gasteiger partial charge in [0.1, 0.15) is 41.2 Å². The summed E-state index contributed by atoms with van der Waals surface area (Å²) in [7, 11) is 3.08. The van der Waals surface area contributed by atoms with Gasteiger partial charge in [-0.1, -0.05) is 72.8 Å². The molecule has 6 rings (SSSR count). The Labute approximate surface area is 388 Å². The van der Waals surface area contributed by atoms with E-state index < -0.39 is 50.3 Å². The molecule has 0 radical (unpaired) electrons. The van der Waals surface area contributed by atoms with Gasteiger partial charge >= 0.3 is 5.69 Å². The molecule has 1 amide bonds. The maximum Gasteiger partial charge on any atom is 0.351 e. The van der Waals surface area contributed by atoms with Crippen LogP contribution in [-0.2, 0) is 33.6 Å². The number of hydrogen-bond donors (Lipinski definition) is 1. The van der Waals surface area contributed by atoms with Crippen LogP contribution in [0.2, 0.25) is 0 Å². The molecule has 2 unspecified atom stereocenters. The normalized spacial score (nSPS) is 17.8. The lowest BCUT2D eigenvalue weighted by Gasteiger charge is -2.41. The van der Waals surface area contributed by atoms with Crippen molar-refractivity contribution in [1.29, 1.82) is 5.26 Å². The van der Waals surface area contributed by atoms with E-state index in [1.807, 2.05) is 84.9 Å². The van der Waals surface area contributed by atoms with E-state index >= 15 is 0 Å². The van der Waals surface area contributed by atoms with Crippen LogP contribution in [0.4, 0.5) is 5.82 Å². The number of amides is 1. The number of methoxy groups -OCH3 is 3. The number of nitrogens with one attached hydrogen (secondary N) is 1. The summed E-state index contributed by atoms with van der Waals surface area (Å²) in [6.45, 7) is 10.4. The number of aromatic nitrogens is 2.